The zero-order valence-corrected chi connectivity index (χ0v) is 20.8. The topological polar surface area (TPSA) is 102 Å². The van der Waals surface area contributed by atoms with Crippen molar-refractivity contribution < 1.29 is 31.9 Å². The highest BCUT2D eigenvalue weighted by Crippen LogP contribution is 2.33. The predicted octanol–water partition coefficient (Wildman–Crippen LogP) is 4.67. The summed E-state index contributed by atoms with van der Waals surface area (Å²) >= 11 is 0. The molecule has 12 heteroatoms. The Morgan fingerprint density at radius 3 is 2.67 bits per heavy atom. The van der Waals surface area contributed by atoms with Crippen molar-refractivity contribution in [2.75, 3.05) is 24.5 Å². The van der Waals surface area contributed by atoms with Crippen molar-refractivity contribution in [3.63, 3.8) is 0 Å². The van der Waals surface area contributed by atoms with Crippen LogP contribution in [0, 0.1) is 17.1 Å². The molecule has 1 fully saturated rings. The number of piperazine rings is 1. The molecule has 1 aliphatic heterocycles. The number of carbonyl (C=O) groups excluding carboxylic acids is 2. The van der Waals surface area contributed by atoms with Crippen molar-refractivity contribution in [1.29, 1.82) is 5.26 Å². The average molecular weight is 552 g/mol. The first kappa shape index (κ1) is 26.8. The van der Waals surface area contributed by atoms with Crippen LogP contribution in [0.4, 0.5) is 23.2 Å². The van der Waals surface area contributed by atoms with E-state index in [1.807, 2.05) is 11.0 Å². The summed E-state index contributed by atoms with van der Waals surface area (Å²) in [7, 11) is 0. The molecule has 2 heterocycles. The number of H-pyrrole nitrogens is 1. The van der Waals surface area contributed by atoms with Gasteiger partial charge in [-0.2, -0.15) is 18.4 Å². The summed E-state index contributed by atoms with van der Waals surface area (Å²) in [5, 5.41) is 10.3. The van der Waals surface area contributed by atoms with Crippen molar-refractivity contribution in [2.45, 2.75) is 18.6 Å². The van der Waals surface area contributed by atoms with Crippen molar-refractivity contribution in [3.05, 3.63) is 89.8 Å². The van der Waals surface area contributed by atoms with Crippen LogP contribution >= 0.6 is 0 Å². The third-order valence-corrected chi connectivity index (χ3v) is 6.71. The van der Waals surface area contributed by atoms with Gasteiger partial charge < -0.3 is 14.6 Å². The summed E-state index contributed by atoms with van der Waals surface area (Å²) in [5.41, 5.74) is 1.85. The Balaban J connectivity index is 1.39. The van der Waals surface area contributed by atoms with Gasteiger partial charge in [0, 0.05) is 24.7 Å². The molecule has 1 atom stereocenters. The largest absolute Gasteiger partial charge is 0.491 e. The second-order valence-electron chi connectivity index (χ2n) is 9.22. The number of amides is 1. The molecule has 8 nitrogen and oxygen atoms in total. The number of ether oxygens (including phenoxy) is 1. The number of nitriles is 1. The minimum Gasteiger partial charge on any atom is -0.420 e. The second-order valence-corrected chi connectivity index (χ2v) is 9.22. The average Bonchev–Trinajstić information content (AvgIpc) is 3.46. The van der Waals surface area contributed by atoms with E-state index < -0.39 is 18.0 Å². The Labute approximate surface area is 225 Å². The summed E-state index contributed by atoms with van der Waals surface area (Å²) in [6.07, 6.45) is -1.60. The van der Waals surface area contributed by atoms with Crippen LogP contribution in [0.1, 0.15) is 22.9 Å². The number of alkyl halides is 3. The zero-order valence-electron chi connectivity index (χ0n) is 20.8. The number of imidazole rings is 1. The second kappa shape index (κ2) is 10.8. The quantitative estimate of drug-likeness (QED) is 0.212. The van der Waals surface area contributed by atoms with E-state index >= 15 is 0 Å². The van der Waals surface area contributed by atoms with Crippen molar-refractivity contribution >= 4 is 28.3 Å². The number of hydrogen-bond acceptors (Lipinski definition) is 6. The highest BCUT2D eigenvalue weighted by atomic mass is 19.4. The summed E-state index contributed by atoms with van der Waals surface area (Å²) in [6, 6.07) is 15.1. The lowest BCUT2D eigenvalue weighted by molar-refractivity contribution is -0.189. The van der Waals surface area contributed by atoms with Gasteiger partial charge in [-0.25, -0.2) is 14.2 Å². The van der Waals surface area contributed by atoms with E-state index in [2.05, 4.69) is 14.7 Å². The van der Waals surface area contributed by atoms with Crippen molar-refractivity contribution in [3.8, 4) is 11.8 Å². The number of anilines is 1. The molecule has 1 unspecified atom stereocenters. The predicted molar refractivity (Wildman–Crippen MR) is 136 cm³/mol. The first-order valence-corrected chi connectivity index (χ1v) is 12.2. The fraction of sp³-hybridized carbons (Fsp3) is 0.214. The Morgan fingerprint density at radius 2 is 1.98 bits per heavy atom. The molecule has 0 bridgehead atoms. The number of nitrogens with one attached hydrogen (secondary N) is 1. The van der Waals surface area contributed by atoms with E-state index in [0.717, 1.165) is 5.69 Å². The number of hydrogen-bond donors (Lipinski definition) is 1. The molecular formula is C28H21F4N5O3. The summed E-state index contributed by atoms with van der Waals surface area (Å²) < 4.78 is 56.5. The smallest absolute Gasteiger partial charge is 0.420 e. The van der Waals surface area contributed by atoms with Crippen LogP contribution in [-0.4, -0.2) is 52.6 Å². The van der Waals surface area contributed by atoms with Crippen molar-refractivity contribution in [1.82, 2.24) is 14.9 Å². The molecule has 0 saturated carbocycles. The van der Waals surface area contributed by atoms with E-state index in [0.29, 0.717) is 35.0 Å². The fourth-order valence-electron chi connectivity index (χ4n) is 4.80. The van der Waals surface area contributed by atoms with Crippen molar-refractivity contribution in [2.24, 2.45) is 0 Å². The molecule has 0 spiro atoms. The van der Waals surface area contributed by atoms with Gasteiger partial charge in [0.05, 0.1) is 35.9 Å². The molecule has 1 aliphatic rings. The van der Waals surface area contributed by atoms with E-state index in [-0.39, 0.29) is 36.4 Å². The molecule has 204 valence electrons. The monoisotopic (exact) mass is 551 g/mol. The van der Waals surface area contributed by atoms with E-state index in [9.17, 15) is 32.4 Å². The normalized spacial score (nSPS) is 15.2. The molecule has 1 N–H and O–H groups in total. The number of carbonyl (C=O) groups is 2. The van der Waals surface area contributed by atoms with Gasteiger partial charge in [-0.05, 0) is 47.7 Å². The molecule has 0 radical (unpaired) electrons. The Bertz CT molecular complexity index is 1610. The maximum absolute atomic E-state index is 13.9. The van der Waals surface area contributed by atoms with Crippen LogP contribution in [0.3, 0.4) is 0 Å². The lowest BCUT2D eigenvalue weighted by Crippen LogP contribution is -2.52. The summed E-state index contributed by atoms with van der Waals surface area (Å²) in [4.78, 5) is 35.4. The number of rotatable bonds is 6. The maximum atomic E-state index is 13.9. The summed E-state index contributed by atoms with van der Waals surface area (Å²) in [6.45, 7) is 0.706. The number of esters is 1. The lowest BCUT2D eigenvalue weighted by Gasteiger charge is -2.39. The maximum Gasteiger partial charge on any atom is 0.491 e. The molecule has 40 heavy (non-hydrogen) atoms. The Kier molecular flexibility index (Phi) is 7.23. The molecule has 1 amide bonds. The lowest BCUT2D eigenvalue weighted by atomic mass is 9.99. The molecule has 0 aliphatic carbocycles. The minimum atomic E-state index is -5.14. The van der Waals surface area contributed by atoms with Gasteiger partial charge in [-0.1, -0.05) is 24.3 Å². The standard InChI is InChI=1S/C28H21F4N5O3/c29-22-7-4-17(10-19(22)13-33)11-25(23-14-34-16-35-23)36-8-9-37(26(38)15-36)24-3-1-2-18-5-6-20(12-21(18)24)40-27(39)28(30,31)32/h1-7,10,12,14,16,25H,8-9,11,15H2,(H,34,35). The van der Waals surface area contributed by atoms with Gasteiger partial charge in [0.2, 0.25) is 5.91 Å². The SMILES string of the molecule is N#Cc1cc(CC(c2cnc[nH]2)N2CCN(c3cccc4ccc(OC(=O)C(F)(F)F)cc34)C(=O)C2)ccc1F. The molecule has 5 rings (SSSR count). The van der Waals surface area contributed by atoms with E-state index in [1.54, 1.807) is 35.4 Å². The molecule has 4 aromatic rings. The molecule has 1 aromatic heterocycles. The minimum absolute atomic E-state index is 0.00905. The number of halogens is 4. The van der Waals surface area contributed by atoms with Crippen LogP contribution in [0.15, 0.2) is 67.1 Å². The van der Waals surface area contributed by atoms with Crippen LogP contribution in [0.25, 0.3) is 10.8 Å². The van der Waals surface area contributed by atoms with Gasteiger partial charge in [0.15, 0.2) is 0 Å². The third kappa shape index (κ3) is 5.50. The Morgan fingerprint density at radius 1 is 1.15 bits per heavy atom. The van der Waals surface area contributed by atoms with Gasteiger partial charge in [0.25, 0.3) is 0 Å². The highest BCUT2D eigenvalue weighted by molar-refractivity contribution is 6.05. The van der Waals surface area contributed by atoms with Gasteiger partial charge in [-0.3, -0.25) is 9.69 Å². The highest BCUT2D eigenvalue weighted by Gasteiger charge is 2.41. The first-order valence-electron chi connectivity index (χ1n) is 12.2. The van der Waals surface area contributed by atoms with Crippen LogP contribution in [-0.2, 0) is 16.0 Å². The van der Waals surface area contributed by atoms with E-state index in [1.165, 1.54) is 36.7 Å². The van der Waals surface area contributed by atoms with E-state index in [4.69, 9.17) is 0 Å². The number of aromatic nitrogens is 2. The zero-order chi connectivity index (χ0) is 28.4. The molecule has 1 saturated heterocycles. The van der Waals surface area contributed by atoms with Gasteiger partial charge in [-0.15, -0.1) is 0 Å². The van der Waals surface area contributed by atoms with Gasteiger partial charge in [0.1, 0.15) is 17.6 Å². The number of nitrogens with zero attached hydrogens (tertiary/aromatic N) is 4. The van der Waals surface area contributed by atoms with Crippen LogP contribution in [0.5, 0.6) is 5.75 Å². The number of aromatic amines is 1. The van der Waals surface area contributed by atoms with Crippen LogP contribution in [0.2, 0.25) is 0 Å². The number of benzene rings is 3. The first-order chi connectivity index (χ1) is 19.1. The van der Waals surface area contributed by atoms with Gasteiger partial charge >= 0.3 is 12.1 Å². The van der Waals surface area contributed by atoms with Crippen LogP contribution < -0.4 is 9.64 Å². The Hall–Kier alpha value is -4.76. The molecular weight excluding hydrogens is 530 g/mol. The molecule has 3 aromatic carbocycles. The summed E-state index contributed by atoms with van der Waals surface area (Å²) in [5.74, 6) is -3.48. The number of fused-ring (bicyclic) bond motifs is 1. The fourth-order valence-corrected chi connectivity index (χ4v) is 4.80. The third-order valence-electron chi connectivity index (χ3n) is 6.71.